The molecule has 8 aromatic carbocycles. The lowest BCUT2D eigenvalue weighted by molar-refractivity contribution is 0.668. The Kier molecular flexibility index (Phi) is 6.32. The lowest BCUT2D eigenvalue weighted by atomic mass is 10.0. The molecule has 5 heterocycles. The zero-order valence-corrected chi connectivity index (χ0v) is 30.8. The Bertz CT molecular complexity index is 3720. The molecular formula is C51H29N5O2. The maximum absolute atomic E-state index is 6.59. The van der Waals surface area contributed by atoms with E-state index < -0.39 is 0 Å². The first-order valence-corrected chi connectivity index (χ1v) is 19.4. The van der Waals surface area contributed by atoms with Gasteiger partial charge in [0.2, 0.25) is 5.95 Å². The molecule has 270 valence electrons. The Labute approximate surface area is 329 Å². The fourth-order valence-electron chi connectivity index (χ4n) is 9.15. The van der Waals surface area contributed by atoms with Crippen molar-refractivity contribution in [2.75, 3.05) is 0 Å². The maximum atomic E-state index is 6.59. The third-order valence-corrected chi connectivity index (χ3v) is 11.6. The first-order valence-electron chi connectivity index (χ1n) is 19.4. The van der Waals surface area contributed by atoms with E-state index in [0.29, 0.717) is 17.6 Å². The van der Waals surface area contributed by atoms with E-state index in [9.17, 15) is 0 Å². The second-order valence-electron chi connectivity index (χ2n) is 14.8. The van der Waals surface area contributed by atoms with Gasteiger partial charge in [0.05, 0.1) is 22.1 Å². The Morgan fingerprint density at radius 3 is 1.31 bits per heavy atom. The number of aromatic nitrogens is 5. The predicted octanol–water partition coefficient (Wildman–Crippen LogP) is 13.2. The normalized spacial score (nSPS) is 12.1. The van der Waals surface area contributed by atoms with Gasteiger partial charge in [0.1, 0.15) is 22.3 Å². The molecular weight excluding hydrogens is 715 g/mol. The molecule has 0 aliphatic rings. The van der Waals surface area contributed by atoms with Gasteiger partial charge in [-0.25, -0.2) is 4.98 Å². The minimum absolute atomic E-state index is 0.526. The summed E-state index contributed by atoms with van der Waals surface area (Å²) in [5.74, 6) is 1.62. The second kappa shape index (κ2) is 11.7. The molecule has 0 amide bonds. The van der Waals surface area contributed by atoms with E-state index in [0.717, 1.165) is 93.5 Å². The Hall–Kier alpha value is -8.03. The number of fused-ring (bicyclic) bond motifs is 12. The van der Waals surface area contributed by atoms with E-state index in [2.05, 4.69) is 143 Å². The van der Waals surface area contributed by atoms with E-state index in [-0.39, 0.29) is 0 Å². The van der Waals surface area contributed by atoms with Crippen molar-refractivity contribution >= 4 is 87.5 Å². The molecule has 0 saturated heterocycles. The van der Waals surface area contributed by atoms with Gasteiger partial charge >= 0.3 is 0 Å². The smallest absolute Gasteiger partial charge is 0.238 e. The Morgan fingerprint density at radius 1 is 0.328 bits per heavy atom. The zero-order chi connectivity index (χ0) is 37.9. The summed E-state index contributed by atoms with van der Waals surface area (Å²) >= 11 is 0. The molecule has 0 radical (unpaired) electrons. The van der Waals surface area contributed by atoms with Crippen LogP contribution in [0.2, 0.25) is 0 Å². The summed E-state index contributed by atoms with van der Waals surface area (Å²) in [6.45, 7) is 0. The monoisotopic (exact) mass is 743 g/mol. The van der Waals surface area contributed by atoms with Crippen LogP contribution in [0.15, 0.2) is 185 Å². The standard InChI is InChI=1S/C51H29N5O2/c1-6-20-39-31(13-1)32-14-2-7-21-40(32)55(39)30-27-28-44-38(29-30)48-37(19-12-26-46(48)58-44)50-52-49(36-18-11-25-45-47(36)35-17-5-10-24-43(35)57-45)53-51(54-50)56-41-22-8-3-15-33(41)34-16-4-9-23-42(34)56/h1-29H. The summed E-state index contributed by atoms with van der Waals surface area (Å²) in [5.41, 5.74) is 10.2. The van der Waals surface area contributed by atoms with Crippen molar-refractivity contribution in [2.45, 2.75) is 0 Å². The molecule has 0 spiro atoms. The van der Waals surface area contributed by atoms with Crippen molar-refractivity contribution in [3.63, 3.8) is 0 Å². The highest BCUT2D eigenvalue weighted by Gasteiger charge is 2.23. The van der Waals surface area contributed by atoms with Crippen LogP contribution >= 0.6 is 0 Å². The third-order valence-electron chi connectivity index (χ3n) is 11.6. The first-order chi connectivity index (χ1) is 28.8. The fraction of sp³-hybridized carbons (Fsp3) is 0. The second-order valence-corrected chi connectivity index (χ2v) is 14.8. The highest BCUT2D eigenvalue weighted by atomic mass is 16.3. The molecule has 13 aromatic rings. The SMILES string of the molecule is c1ccc2c(c1)oc1cccc(-c3nc(-c4cccc5oc6ccc(-n7c8ccccc8c8ccccc87)cc6c45)nc(-n4c5ccccc5c5ccccc54)n3)c12. The minimum Gasteiger partial charge on any atom is -0.456 e. The van der Waals surface area contributed by atoms with Crippen molar-refractivity contribution in [3.8, 4) is 34.4 Å². The van der Waals surface area contributed by atoms with Crippen LogP contribution in [0.25, 0.3) is 122 Å². The Balaban J connectivity index is 1.11. The summed E-state index contributed by atoms with van der Waals surface area (Å²) in [7, 11) is 0. The van der Waals surface area contributed by atoms with Crippen LogP contribution in [0.1, 0.15) is 0 Å². The van der Waals surface area contributed by atoms with E-state index in [1.165, 1.54) is 10.8 Å². The van der Waals surface area contributed by atoms with E-state index in [1.54, 1.807) is 0 Å². The quantitative estimate of drug-likeness (QED) is 0.179. The van der Waals surface area contributed by atoms with Crippen molar-refractivity contribution < 1.29 is 8.83 Å². The zero-order valence-electron chi connectivity index (χ0n) is 30.8. The lowest BCUT2D eigenvalue weighted by Gasteiger charge is -2.12. The molecule has 0 aliphatic heterocycles. The number of para-hydroxylation sites is 5. The molecule has 0 bridgehead atoms. The first kappa shape index (κ1) is 31.2. The number of furan rings is 2. The van der Waals surface area contributed by atoms with E-state index in [4.69, 9.17) is 23.8 Å². The average Bonchev–Trinajstić information content (AvgIpc) is 4.04. The van der Waals surface area contributed by atoms with Gasteiger partial charge in [-0.3, -0.25) is 4.57 Å². The largest absolute Gasteiger partial charge is 0.456 e. The van der Waals surface area contributed by atoms with E-state index >= 15 is 0 Å². The molecule has 58 heavy (non-hydrogen) atoms. The van der Waals surface area contributed by atoms with Gasteiger partial charge < -0.3 is 13.4 Å². The number of benzene rings is 8. The molecule has 0 saturated carbocycles. The maximum Gasteiger partial charge on any atom is 0.238 e. The molecule has 5 aromatic heterocycles. The van der Waals surface area contributed by atoms with Gasteiger partial charge in [-0.1, -0.05) is 115 Å². The summed E-state index contributed by atoms with van der Waals surface area (Å²) in [4.78, 5) is 16.0. The van der Waals surface area contributed by atoms with Crippen molar-refractivity contribution in [1.82, 2.24) is 24.1 Å². The van der Waals surface area contributed by atoms with Crippen LogP contribution in [0, 0.1) is 0 Å². The summed E-state index contributed by atoms with van der Waals surface area (Å²) < 4.78 is 17.4. The molecule has 0 fully saturated rings. The molecule has 0 unspecified atom stereocenters. The van der Waals surface area contributed by atoms with Gasteiger partial charge in [0, 0.05) is 59.9 Å². The average molecular weight is 744 g/mol. The topological polar surface area (TPSA) is 74.8 Å². The van der Waals surface area contributed by atoms with Crippen LogP contribution in [0.3, 0.4) is 0 Å². The third kappa shape index (κ3) is 4.35. The van der Waals surface area contributed by atoms with Crippen molar-refractivity contribution in [2.24, 2.45) is 0 Å². The highest BCUT2D eigenvalue weighted by Crippen LogP contribution is 2.41. The van der Waals surface area contributed by atoms with Gasteiger partial charge in [0.25, 0.3) is 0 Å². The molecule has 7 nitrogen and oxygen atoms in total. The molecule has 0 N–H and O–H groups in total. The number of nitrogens with zero attached hydrogens (tertiary/aromatic N) is 5. The molecule has 0 atom stereocenters. The summed E-state index contributed by atoms with van der Waals surface area (Å²) in [6, 6.07) is 60.8. The van der Waals surface area contributed by atoms with Crippen LogP contribution in [-0.4, -0.2) is 24.1 Å². The van der Waals surface area contributed by atoms with Gasteiger partial charge in [-0.05, 0) is 60.7 Å². The number of hydrogen-bond donors (Lipinski definition) is 0. The van der Waals surface area contributed by atoms with Gasteiger partial charge in [-0.2, -0.15) is 9.97 Å². The van der Waals surface area contributed by atoms with Crippen LogP contribution in [-0.2, 0) is 0 Å². The van der Waals surface area contributed by atoms with Crippen LogP contribution in [0.5, 0.6) is 0 Å². The van der Waals surface area contributed by atoms with Crippen molar-refractivity contribution in [3.05, 3.63) is 176 Å². The predicted molar refractivity (Wildman–Crippen MR) is 234 cm³/mol. The lowest BCUT2D eigenvalue weighted by Crippen LogP contribution is -2.06. The number of rotatable bonds is 4. The van der Waals surface area contributed by atoms with Crippen LogP contribution < -0.4 is 0 Å². The summed E-state index contributed by atoms with van der Waals surface area (Å²) in [5, 5.41) is 8.58. The fourth-order valence-corrected chi connectivity index (χ4v) is 9.15. The minimum atomic E-state index is 0.526. The molecule has 13 rings (SSSR count). The van der Waals surface area contributed by atoms with Gasteiger partial charge in [0.15, 0.2) is 11.6 Å². The molecule has 0 aliphatic carbocycles. The Morgan fingerprint density at radius 2 is 0.759 bits per heavy atom. The van der Waals surface area contributed by atoms with Crippen molar-refractivity contribution in [1.29, 1.82) is 0 Å². The summed E-state index contributed by atoms with van der Waals surface area (Å²) in [6.07, 6.45) is 0. The van der Waals surface area contributed by atoms with Gasteiger partial charge in [-0.15, -0.1) is 0 Å². The highest BCUT2D eigenvalue weighted by molar-refractivity contribution is 6.15. The van der Waals surface area contributed by atoms with Crippen LogP contribution in [0.4, 0.5) is 0 Å². The molecule has 7 heteroatoms. The van der Waals surface area contributed by atoms with E-state index in [1.807, 2.05) is 42.5 Å². The number of hydrogen-bond acceptors (Lipinski definition) is 5.